The lowest BCUT2D eigenvalue weighted by atomic mass is 9.94. The SMILES string of the molecule is C=C(C(=O)O)c1c(C)cc(C)c(C)c1OC. The zero-order valence-corrected chi connectivity index (χ0v) is 10.0. The zero-order valence-electron chi connectivity index (χ0n) is 10.0. The molecule has 16 heavy (non-hydrogen) atoms. The lowest BCUT2D eigenvalue weighted by Crippen LogP contribution is -2.05. The fourth-order valence-corrected chi connectivity index (χ4v) is 1.79. The topological polar surface area (TPSA) is 46.5 Å². The van der Waals surface area contributed by atoms with Gasteiger partial charge in [-0.05, 0) is 37.5 Å². The summed E-state index contributed by atoms with van der Waals surface area (Å²) in [4.78, 5) is 11.0. The van der Waals surface area contributed by atoms with Gasteiger partial charge < -0.3 is 9.84 Å². The second-order valence-corrected chi connectivity index (χ2v) is 3.83. The summed E-state index contributed by atoms with van der Waals surface area (Å²) >= 11 is 0. The van der Waals surface area contributed by atoms with E-state index in [9.17, 15) is 4.79 Å². The van der Waals surface area contributed by atoms with Crippen LogP contribution in [0.4, 0.5) is 0 Å². The number of hydrogen-bond acceptors (Lipinski definition) is 2. The minimum absolute atomic E-state index is 0.0671. The molecule has 0 aliphatic heterocycles. The molecule has 0 saturated heterocycles. The van der Waals surface area contributed by atoms with E-state index in [0.29, 0.717) is 11.3 Å². The molecule has 0 aliphatic rings. The lowest BCUT2D eigenvalue weighted by molar-refractivity contribution is -0.130. The molecule has 86 valence electrons. The first kappa shape index (κ1) is 12.3. The molecule has 0 aliphatic carbocycles. The summed E-state index contributed by atoms with van der Waals surface area (Å²) in [6.07, 6.45) is 0. The Morgan fingerprint density at radius 3 is 2.31 bits per heavy atom. The van der Waals surface area contributed by atoms with Crippen molar-refractivity contribution in [2.24, 2.45) is 0 Å². The first-order valence-corrected chi connectivity index (χ1v) is 4.97. The van der Waals surface area contributed by atoms with Gasteiger partial charge in [-0.3, -0.25) is 0 Å². The minimum Gasteiger partial charge on any atom is -0.496 e. The third-order valence-corrected chi connectivity index (χ3v) is 2.75. The summed E-state index contributed by atoms with van der Waals surface area (Å²) in [5, 5.41) is 8.98. The van der Waals surface area contributed by atoms with Gasteiger partial charge in [0.05, 0.1) is 12.7 Å². The van der Waals surface area contributed by atoms with Crippen molar-refractivity contribution < 1.29 is 14.6 Å². The van der Waals surface area contributed by atoms with Crippen LogP contribution in [-0.4, -0.2) is 18.2 Å². The van der Waals surface area contributed by atoms with E-state index in [0.717, 1.165) is 16.7 Å². The number of methoxy groups -OCH3 is 1. The van der Waals surface area contributed by atoms with Gasteiger partial charge in [-0.2, -0.15) is 0 Å². The van der Waals surface area contributed by atoms with Crippen molar-refractivity contribution in [3.63, 3.8) is 0 Å². The molecule has 1 rings (SSSR count). The van der Waals surface area contributed by atoms with Crippen molar-refractivity contribution in [1.82, 2.24) is 0 Å². The number of hydrogen-bond donors (Lipinski definition) is 1. The second kappa shape index (κ2) is 4.39. The maximum Gasteiger partial charge on any atom is 0.335 e. The molecule has 0 aromatic heterocycles. The van der Waals surface area contributed by atoms with Crippen LogP contribution in [-0.2, 0) is 4.79 Å². The highest BCUT2D eigenvalue weighted by molar-refractivity contribution is 6.16. The summed E-state index contributed by atoms with van der Waals surface area (Å²) < 4.78 is 5.28. The minimum atomic E-state index is -1.02. The fourth-order valence-electron chi connectivity index (χ4n) is 1.79. The highest BCUT2D eigenvalue weighted by atomic mass is 16.5. The van der Waals surface area contributed by atoms with Crippen molar-refractivity contribution in [3.05, 3.63) is 34.9 Å². The van der Waals surface area contributed by atoms with Crippen LogP contribution in [0.2, 0.25) is 0 Å². The van der Waals surface area contributed by atoms with Gasteiger partial charge in [-0.15, -0.1) is 0 Å². The Morgan fingerprint density at radius 1 is 1.31 bits per heavy atom. The van der Waals surface area contributed by atoms with Crippen LogP contribution < -0.4 is 4.74 Å². The standard InChI is InChI=1S/C13H16O3/c1-7-6-8(2)11(10(4)13(14)15)12(16-5)9(7)3/h6H,4H2,1-3,5H3,(H,14,15). The highest BCUT2D eigenvalue weighted by Crippen LogP contribution is 2.33. The molecule has 0 fully saturated rings. The van der Waals surface area contributed by atoms with Gasteiger partial charge in [0.25, 0.3) is 0 Å². The van der Waals surface area contributed by atoms with E-state index in [-0.39, 0.29) is 5.57 Å². The predicted octanol–water partition coefficient (Wildman–Crippen LogP) is 2.72. The Balaban J connectivity index is 3.55. The predicted molar refractivity (Wildman–Crippen MR) is 63.9 cm³/mol. The van der Waals surface area contributed by atoms with E-state index in [1.807, 2.05) is 26.8 Å². The molecule has 1 aromatic carbocycles. The van der Waals surface area contributed by atoms with Gasteiger partial charge in [0, 0.05) is 5.56 Å². The molecule has 0 unspecified atom stereocenters. The zero-order chi connectivity index (χ0) is 12.5. The number of ether oxygens (including phenoxy) is 1. The molecule has 0 spiro atoms. The number of carboxylic acid groups (broad SMARTS) is 1. The molecule has 0 amide bonds. The Kier molecular flexibility index (Phi) is 3.38. The lowest BCUT2D eigenvalue weighted by Gasteiger charge is -2.16. The van der Waals surface area contributed by atoms with E-state index < -0.39 is 5.97 Å². The quantitative estimate of drug-likeness (QED) is 0.797. The van der Waals surface area contributed by atoms with Crippen LogP contribution in [0, 0.1) is 20.8 Å². The molecule has 0 bridgehead atoms. The molecule has 1 aromatic rings. The molecule has 1 N–H and O–H groups in total. The van der Waals surface area contributed by atoms with Gasteiger partial charge >= 0.3 is 5.97 Å². The largest absolute Gasteiger partial charge is 0.496 e. The molecule has 0 heterocycles. The average Bonchev–Trinajstić information content (AvgIpc) is 2.21. The van der Waals surface area contributed by atoms with E-state index in [2.05, 4.69) is 6.58 Å². The summed E-state index contributed by atoms with van der Waals surface area (Å²) in [5.41, 5.74) is 3.55. The number of carbonyl (C=O) groups is 1. The normalized spacial score (nSPS) is 10.0. The molecule has 3 nitrogen and oxygen atoms in total. The molecule has 0 atom stereocenters. The Bertz CT molecular complexity index is 459. The monoisotopic (exact) mass is 220 g/mol. The van der Waals surface area contributed by atoms with Crippen molar-refractivity contribution in [1.29, 1.82) is 0 Å². The first-order valence-electron chi connectivity index (χ1n) is 4.97. The van der Waals surface area contributed by atoms with Gasteiger partial charge in [-0.25, -0.2) is 4.79 Å². The van der Waals surface area contributed by atoms with Crippen molar-refractivity contribution in [2.45, 2.75) is 20.8 Å². The van der Waals surface area contributed by atoms with Crippen molar-refractivity contribution in [2.75, 3.05) is 7.11 Å². The maximum absolute atomic E-state index is 11.0. The molecular weight excluding hydrogens is 204 g/mol. The Morgan fingerprint density at radius 2 is 1.88 bits per heavy atom. The van der Waals surface area contributed by atoms with Gasteiger partial charge in [0.2, 0.25) is 0 Å². The van der Waals surface area contributed by atoms with Crippen LogP contribution in [0.25, 0.3) is 5.57 Å². The molecule has 0 radical (unpaired) electrons. The number of aryl methyl sites for hydroxylation is 2. The number of aliphatic carboxylic acids is 1. The summed E-state index contributed by atoms with van der Waals surface area (Å²) in [6, 6.07) is 1.95. The average molecular weight is 220 g/mol. The van der Waals surface area contributed by atoms with Crippen LogP contribution >= 0.6 is 0 Å². The van der Waals surface area contributed by atoms with Crippen molar-refractivity contribution in [3.8, 4) is 5.75 Å². The number of carboxylic acids is 1. The molecular formula is C13H16O3. The van der Waals surface area contributed by atoms with Gasteiger partial charge in [0.1, 0.15) is 5.75 Å². The summed E-state index contributed by atoms with van der Waals surface area (Å²) in [6.45, 7) is 9.32. The summed E-state index contributed by atoms with van der Waals surface area (Å²) in [5.74, 6) is -0.422. The van der Waals surface area contributed by atoms with E-state index in [4.69, 9.17) is 9.84 Å². The van der Waals surface area contributed by atoms with Crippen LogP contribution in [0.5, 0.6) is 5.75 Å². The number of rotatable bonds is 3. The first-order chi connectivity index (χ1) is 7.40. The van der Waals surface area contributed by atoms with E-state index >= 15 is 0 Å². The van der Waals surface area contributed by atoms with Gasteiger partial charge in [0.15, 0.2) is 0 Å². The Labute approximate surface area is 95.4 Å². The van der Waals surface area contributed by atoms with Gasteiger partial charge in [-0.1, -0.05) is 12.6 Å². The van der Waals surface area contributed by atoms with Crippen LogP contribution in [0.1, 0.15) is 22.3 Å². The summed E-state index contributed by atoms with van der Waals surface area (Å²) in [7, 11) is 1.54. The Hall–Kier alpha value is -1.77. The number of benzene rings is 1. The third kappa shape index (κ3) is 1.94. The van der Waals surface area contributed by atoms with Crippen LogP contribution in [0.3, 0.4) is 0 Å². The van der Waals surface area contributed by atoms with E-state index in [1.54, 1.807) is 7.11 Å². The van der Waals surface area contributed by atoms with Crippen LogP contribution in [0.15, 0.2) is 12.6 Å². The van der Waals surface area contributed by atoms with Crippen molar-refractivity contribution >= 4 is 11.5 Å². The fraction of sp³-hybridized carbons (Fsp3) is 0.308. The van der Waals surface area contributed by atoms with E-state index in [1.165, 1.54) is 0 Å². The highest BCUT2D eigenvalue weighted by Gasteiger charge is 2.18. The molecule has 0 saturated carbocycles. The second-order valence-electron chi connectivity index (χ2n) is 3.83. The third-order valence-electron chi connectivity index (χ3n) is 2.75. The smallest absolute Gasteiger partial charge is 0.335 e. The maximum atomic E-state index is 11.0. The molecule has 3 heteroatoms.